The van der Waals surface area contributed by atoms with E-state index in [4.69, 9.17) is 11.6 Å². The Morgan fingerprint density at radius 3 is 2.76 bits per heavy atom. The molecule has 3 atom stereocenters. The summed E-state index contributed by atoms with van der Waals surface area (Å²) in [5, 5.41) is 8.93. The summed E-state index contributed by atoms with van der Waals surface area (Å²) in [6, 6.07) is 0.543. The second kappa shape index (κ2) is 7.64. The van der Waals surface area contributed by atoms with E-state index in [-0.39, 0.29) is 0 Å². The van der Waals surface area contributed by atoms with Gasteiger partial charge in [-0.25, -0.2) is 0 Å². The molecule has 0 aromatic carbocycles. The Hall–Kier alpha value is -0.540. The quantitative estimate of drug-likeness (QED) is 0.840. The summed E-state index contributed by atoms with van der Waals surface area (Å²) in [4.78, 5) is 0. The monoisotopic (exact) mass is 311 g/mol. The van der Waals surface area contributed by atoms with Gasteiger partial charge in [0, 0.05) is 18.5 Å². The van der Waals surface area contributed by atoms with Gasteiger partial charge >= 0.3 is 0 Å². The molecule has 120 valence electrons. The summed E-state index contributed by atoms with van der Waals surface area (Å²) in [5.41, 5.74) is 1.27. The average molecular weight is 312 g/mol. The van der Waals surface area contributed by atoms with E-state index in [2.05, 4.69) is 42.8 Å². The lowest BCUT2D eigenvalue weighted by Crippen LogP contribution is -2.35. The third-order valence-electron chi connectivity index (χ3n) is 4.95. The van der Waals surface area contributed by atoms with Crippen LogP contribution in [0.4, 0.5) is 0 Å². The molecule has 2 rings (SSSR count). The molecule has 1 aliphatic rings. The van der Waals surface area contributed by atoms with Crippen molar-refractivity contribution < 1.29 is 0 Å². The minimum absolute atomic E-state index is 0.543. The number of hydrogen-bond donors (Lipinski definition) is 1. The van der Waals surface area contributed by atoms with Gasteiger partial charge in [0.25, 0.3) is 0 Å². The highest BCUT2D eigenvalue weighted by molar-refractivity contribution is 6.31. The van der Waals surface area contributed by atoms with Gasteiger partial charge in [0.2, 0.25) is 0 Å². The van der Waals surface area contributed by atoms with Crippen LogP contribution in [0.25, 0.3) is 0 Å². The van der Waals surface area contributed by atoms with Crippen molar-refractivity contribution >= 4 is 11.6 Å². The van der Waals surface area contributed by atoms with Crippen molar-refractivity contribution in [2.75, 3.05) is 6.54 Å². The Kier molecular flexibility index (Phi) is 6.12. The predicted octanol–water partition coefficient (Wildman–Crippen LogP) is 4.46. The van der Waals surface area contributed by atoms with E-state index < -0.39 is 0 Å². The lowest BCUT2D eigenvalue weighted by molar-refractivity contribution is 0.215. The number of aromatic nitrogens is 2. The smallest absolute Gasteiger partial charge is 0.0820 e. The molecular formula is C17H30ClN3. The van der Waals surface area contributed by atoms with Crippen LogP contribution < -0.4 is 5.32 Å². The van der Waals surface area contributed by atoms with Crippen molar-refractivity contribution in [1.82, 2.24) is 15.1 Å². The first-order valence-corrected chi connectivity index (χ1v) is 8.89. The van der Waals surface area contributed by atoms with Crippen LogP contribution >= 0.6 is 11.6 Å². The Bertz CT molecular complexity index is 441. The Morgan fingerprint density at radius 2 is 2.14 bits per heavy atom. The average Bonchev–Trinajstić information content (AvgIpc) is 2.85. The molecule has 1 heterocycles. The summed E-state index contributed by atoms with van der Waals surface area (Å²) in [7, 11) is 0. The van der Waals surface area contributed by atoms with Gasteiger partial charge in [0.05, 0.1) is 16.9 Å². The molecule has 1 saturated carbocycles. The van der Waals surface area contributed by atoms with Crippen molar-refractivity contribution in [3.8, 4) is 0 Å². The van der Waals surface area contributed by atoms with Crippen molar-refractivity contribution in [3.05, 3.63) is 16.9 Å². The van der Waals surface area contributed by atoms with Gasteiger partial charge in [0.15, 0.2) is 0 Å². The first kappa shape index (κ1) is 16.8. The fourth-order valence-corrected chi connectivity index (χ4v) is 3.93. The molecular weight excluding hydrogens is 282 g/mol. The molecule has 4 heteroatoms. The third kappa shape index (κ3) is 4.01. The molecule has 3 unspecified atom stereocenters. The van der Waals surface area contributed by atoms with Crippen LogP contribution in [0.2, 0.25) is 5.02 Å². The molecule has 1 aromatic heterocycles. The van der Waals surface area contributed by atoms with Crippen LogP contribution in [0.5, 0.6) is 0 Å². The van der Waals surface area contributed by atoms with Crippen LogP contribution in [0, 0.1) is 11.8 Å². The van der Waals surface area contributed by atoms with Crippen molar-refractivity contribution in [2.45, 2.75) is 71.9 Å². The number of rotatable bonds is 6. The maximum atomic E-state index is 6.47. The fraction of sp³-hybridized carbons (Fsp3) is 0.824. The molecule has 1 aromatic rings. The Labute approximate surface area is 134 Å². The minimum Gasteiger partial charge on any atom is -0.314 e. The van der Waals surface area contributed by atoms with Crippen LogP contribution in [-0.2, 0) is 6.54 Å². The van der Waals surface area contributed by atoms with Gasteiger partial charge in [-0.1, -0.05) is 45.2 Å². The molecule has 0 aliphatic heterocycles. The van der Waals surface area contributed by atoms with E-state index in [1.807, 2.05) is 6.20 Å². The van der Waals surface area contributed by atoms with E-state index in [0.717, 1.165) is 24.0 Å². The van der Waals surface area contributed by atoms with Gasteiger partial charge in [-0.05, 0) is 38.1 Å². The van der Waals surface area contributed by atoms with Gasteiger partial charge in [0.1, 0.15) is 0 Å². The molecule has 21 heavy (non-hydrogen) atoms. The van der Waals surface area contributed by atoms with Crippen LogP contribution in [0.15, 0.2) is 6.20 Å². The molecule has 1 N–H and O–H groups in total. The molecule has 0 bridgehead atoms. The van der Waals surface area contributed by atoms with E-state index in [1.54, 1.807) is 0 Å². The standard InChI is InChI=1S/C17H30ClN3/c1-5-13-7-8-14(10-19-12(3)4)15(9-13)17-16(18)11-20-21(17)6-2/h11-15,19H,5-10H2,1-4H3. The van der Waals surface area contributed by atoms with Crippen molar-refractivity contribution in [2.24, 2.45) is 11.8 Å². The normalized spacial score (nSPS) is 26.5. The van der Waals surface area contributed by atoms with Crippen molar-refractivity contribution in [3.63, 3.8) is 0 Å². The zero-order valence-corrected chi connectivity index (χ0v) is 14.7. The highest BCUT2D eigenvalue weighted by atomic mass is 35.5. The highest BCUT2D eigenvalue weighted by Crippen LogP contribution is 2.43. The SMILES string of the molecule is CCC1CCC(CNC(C)C)C(c2c(Cl)cnn2CC)C1. The maximum absolute atomic E-state index is 6.47. The second-order valence-electron chi connectivity index (χ2n) is 6.71. The predicted molar refractivity (Wildman–Crippen MR) is 89.9 cm³/mol. The third-order valence-corrected chi connectivity index (χ3v) is 5.24. The summed E-state index contributed by atoms with van der Waals surface area (Å²) in [5.74, 6) is 2.06. The second-order valence-corrected chi connectivity index (χ2v) is 7.12. The zero-order chi connectivity index (χ0) is 15.4. The van der Waals surface area contributed by atoms with E-state index in [9.17, 15) is 0 Å². The summed E-state index contributed by atoms with van der Waals surface area (Å²) >= 11 is 6.47. The van der Waals surface area contributed by atoms with Gasteiger partial charge in [-0.3, -0.25) is 4.68 Å². The number of hydrogen-bond acceptors (Lipinski definition) is 2. The Morgan fingerprint density at radius 1 is 1.38 bits per heavy atom. The lowest BCUT2D eigenvalue weighted by Gasteiger charge is -2.37. The number of halogens is 1. The number of aryl methyl sites for hydroxylation is 1. The summed E-state index contributed by atoms with van der Waals surface area (Å²) in [6.07, 6.45) is 7.01. The molecule has 0 spiro atoms. The van der Waals surface area contributed by atoms with Crippen LogP contribution in [0.1, 0.15) is 65.0 Å². The lowest BCUT2D eigenvalue weighted by atomic mass is 9.71. The highest BCUT2D eigenvalue weighted by Gasteiger charge is 2.34. The Balaban J connectivity index is 2.21. The van der Waals surface area contributed by atoms with E-state index in [0.29, 0.717) is 17.9 Å². The number of nitrogens with zero attached hydrogens (tertiary/aromatic N) is 2. The molecule has 1 fully saturated rings. The molecule has 1 aliphatic carbocycles. The maximum Gasteiger partial charge on any atom is 0.0820 e. The first-order chi connectivity index (χ1) is 10.1. The van der Waals surface area contributed by atoms with Crippen LogP contribution in [0.3, 0.4) is 0 Å². The minimum atomic E-state index is 0.543. The van der Waals surface area contributed by atoms with E-state index >= 15 is 0 Å². The van der Waals surface area contributed by atoms with Crippen molar-refractivity contribution in [1.29, 1.82) is 0 Å². The zero-order valence-electron chi connectivity index (χ0n) is 13.9. The summed E-state index contributed by atoms with van der Waals surface area (Å²) in [6.45, 7) is 10.9. The topological polar surface area (TPSA) is 29.9 Å². The van der Waals surface area contributed by atoms with Crippen LogP contribution in [-0.4, -0.2) is 22.4 Å². The van der Waals surface area contributed by atoms with E-state index in [1.165, 1.54) is 31.4 Å². The largest absolute Gasteiger partial charge is 0.314 e. The molecule has 0 radical (unpaired) electrons. The van der Waals surface area contributed by atoms with Gasteiger partial charge in [-0.2, -0.15) is 5.10 Å². The number of nitrogens with one attached hydrogen (secondary N) is 1. The van der Waals surface area contributed by atoms with Gasteiger partial charge in [-0.15, -0.1) is 0 Å². The molecule has 3 nitrogen and oxygen atoms in total. The fourth-order valence-electron chi connectivity index (χ4n) is 3.65. The van der Waals surface area contributed by atoms with Gasteiger partial charge < -0.3 is 5.32 Å². The first-order valence-electron chi connectivity index (χ1n) is 8.51. The molecule has 0 amide bonds. The summed E-state index contributed by atoms with van der Waals surface area (Å²) < 4.78 is 2.10. The molecule has 0 saturated heterocycles.